The Morgan fingerprint density at radius 2 is 2.19 bits per heavy atom. The van der Waals surface area contributed by atoms with Crippen molar-refractivity contribution in [2.45, 2.75) is 46.0 Å². The maximum atomic E-state index is 5.57. The summed E-state index contributed by atoms with van der Waals surface area (Å²) in [6, 6.07) is 6.52. The van der Waals surface area contributed by atoms with Crippen LogP contribution in [-0.4, -0.2) is 37.2 Å². The Balaban J connectivity index is 1.47. The average molecular weight is 387 g/mol. The third kappa shape index (κ3) is 5.70. The van der Waals surface area contributed by atoms with Crippen molar-refractivity contribution in [1.29, 1.82) is 0 Å². The fourth-order valence-corrected chi connectivity index (χ4v) is 3.92. The van der Waals surface area contributed by atoms with Crippen LogP contribution in [0.25, 0.3) is 0 Å². The summed E-state index contributed by atoms with van der Waals surface area (Å²) in [6.45, 7) is 9.73. The second-order valence-electron chi connectivity index (χ2n) is 7.06. The Kier molecular flexibility index (Phi) is 7.10. The molecule has 2 N–H and O–H groups in total. The van der Waals surface area contributed by atoms with Crippen molar-refractivity contribution in [3.63, 3.8) is 0 Å². The van der Waals surface area contributed by atoms with Crippen LogP contribution in [0.3, 0.4) is 0 Å². The molecule has 0 atom stereocenters. The number of fused-ring (bicyclic) bond motifs is 1. The van der Waals surface area contributed by atoms with E-state index in [-0.39, 0.29) is 0 Å². The van der Waals surface area contributed by atoms with Crippen molar-refractivity contribution in [2.24, 2.45) is 4.99 Å². The third-order valence-electron chi connectivity index (χ3n) is 4.51. The van der Waals surface area contributed by atoms with Gasteiger partial charge in [-0.1, -0.05) is 26.0 Å². The van der Waals surface area contributed by atoms with Crippen LogP contribution in [0.4, 0.5) is 0 Å². The van der Waals surface area contributed by atoms with Crippen LogP contribution in [0.15, 0.2) is 28.6 Å². The predicted molar refractivity (Wildman–Crippen MR) is 113 cm³/mol. The van der Waals surface area contributed by atoms with E-state index in [9.17, 15) is 0 Å². The summed E-state index contributed by atoms with van der Waals surface area (Å²) in [5.74, 6) is 2.42. The lowest BCUT2D eigenvalue weighted by Gasteiger charge is -2.11. The molecule has 0 unspecified atom stereocenters. The third-order valence-corrected chi connectivity index (χ3v) is 5.70. The minimum atomic E-state index is 0.497. The number of rotatable bonds is 8. The van der Waals surface area contributed by atoms with Crippen molar-refractivity contribution in [1.82, 2.24) is 15.6 Å². The summed E-state index contributed by atoms with van der Waals surface area (Å²) in [6.07, 6.45) is 2.88. The molecule has 2 aromatic rings. The first-order valence-electron chi connectivity index (χ1n) is 9.86. The zero-order valence-corrected chi connectivity index (χ0v) is 17.4. The van der Waals surface area contributed by atoms with Gasteiger partial charge in [-0.2, -0.15) is 0 Å². The van der Waals surface area contributed by atoms with E-state index >= 15 is 0 Å². The molecule has 3 rings (SSSR count). The first-order chi connectivity index (χ1) is 13.2. The molecule has 0 fully saturated rings. The molecule has 1 aliphatic rings. The number of hydrogen-bond donors (Lipinski definition) is 2. The van der Waals surface area contributed by atoms with Crippen molar-refractivity contribution in [3.8, 4) is 5.75 Å². The van der Waals surface area contributed by atoms with Crippen LogP contribution < -0.4 is 15.4 Å². The van der Waals surface area contributed by atoms with Crippen LogP contribution in [0.2, 0.25) is 0 Å². The maximum absolute atomic E-state index is 5.57. The lowest BCUT2D eigenvalue weighted by atomic mass is 10.1. The molecular formula is C21H30N4OS. The second-order valence-corrected chi connectivity index (χ2v) is 7.95. The summed E-state index contributed by atoms with van der Waals surface area (Å²) >= 11 is 1.75. The molecule has 146 valence electrons. The van der Waals surface area contributed by atoms with Crippen LogP contribution in [-0.2, 0) is 19.3 Å². The fourth-order valence-electron chi connectivity index (χ4n) is 3.05. The summed E-state index contributed by atoms with van der Waals surface area (Å²) in [4.78, 5) is 9.37. The molecule has 0 saturated heterocycles. The van der Waals surface area contributed by atoms with E-state index in [1.165, 1.54) is 16.1 Å². The largest absolute Gasteiger partial charge is 0.493 e. The predicted octanol–water partition coefficient (Wildman–Crippen LogP) is 3.54. The molecule has 1 aromatic heterocycles. The molecule has 6 heteroatoms. The number of ether oxygens (including phenoxy) is 1. The van der Waals surface area contributed by atoms with Crippen molar-refractivity contribution >= 4 is 17.3 Å². The van der Waals surface area contributed by atoms with Crippen molar-refractivity contribution in [2.75, 3.05) is 26.2 Å². The highest BCUT2D eigenvalue weighted by atomic mass is 32.1. The molecule has 1 aromatic carbocycles. The van der Waals surface area contributed by atoms with Gasteiger partial charge in [0.25, 0.3) is 0 Å². The van der Waals surface area contributed by atoms with Crippen LogP contribution in [0.1, 0.15) is 48.5 Å². The highest BCUT2D eigenvalue weighted by molar-refractivity contribution is 7.09. The molecule has 2 heterocycles. The lowest BCUT2D eigenvalue weighted by Crippen LogP contribution is -2.38. The molecule has 5 nitrogen and oxygen atoms in total. The number of benzene rings is 1. The van der Waals surface area contributed by atoms with Gasteiger partial charge in [0.1, 0.15) is 5.75 Å². The molecule has 0 radical (unpaired) electrons. The van der Waals surface area contributed by atoms with Gasteiger partial charge >= 0.3 is 0 Å². The Bertz CT molecular complexity index is 769. The van der Waals surface area contributed by atoms with E-state index in [4.69, 9.17) is 9.73 Å². The molecule has 1 aliphatic heterocycles. The van der Waals surface area contributed by atoms with E-state index in [0.29, 0.717) is 5.92 Å². The first kappa shape index (κ1) is 19.7. The van der Waals surface area contributed by atoms with Crippen LogP contribution >= 0.6 is 11.3 Å². The summed E-state index contributed by atoms with van der Waals surface area (Å²) in [7, 11) is 0. The molecule has 0 saturated carbocycles. The van der Waals surface area contributed by atoms with Crippen molar-refractivity contribution < 1.29 is 4.74 Å². The minimum Gasteiger partial charge on any atom is -0.493 e. The van der Waals surface area contributed by atoms with Gasteiger partial charge in [-0.3, -0.25) is 4.99 Å². The van der Waals surface area contributed by atoms with Gasteiger partial charge in [-0.25, -0.2) is 4.98 Å². The highest BCUT2D eigenvalue weighted by Crippen LogP contribution is 2.25. The van der Waals surface area contributed by atoms with Gasteiger partial charge in [-0.05, 0) is 30.5 Å². The summed E-state index contributed by atoms with van der Waals surface area (Å²) in [5.41, 5.74) is 3.81. The first-order valence-corrected chi connectivity index (χ1v) is 10.7. The zero-order chi connectivity index (χ0) is 19.1. The quantitative estimate of drug-likeness (QED) is 0.538. The SMILES string of the molecule is CCNC(=NCCc1csc(C(C)C)n1)NCCc1ccc2c(c1)CCO2. The van der Waals surface area contributed by atoms with E-state index in [1.807, 2.05) is 0 Å². The summed E-state index contributed by atoms with van der Waals surface area (Å²) < 4.78 is 5.57. The monoisotopic (exact) mass is 386 g/mol. The van der Waals surface area contributed by atoms with Gasteiger partial charge in [0, 0.05) is 43.8 Å². The Morgan fingerprint density at radius 1 is 1.30 bits per heavy atom. The normalized spacial score (nSPS) is 13.6. The van der Waals surface area contributed by atoms with Gasteiger partial charge in [0.05, 0.1) is 17.3 Å². The van der Waals surface area contributed by atoms with Gasteiger partial charge in [-0.15, -0.1) is 11.3 Å². The van der Waals surface area contributed by atoms with Gasteiger partial charge in [0.2, 0.25) is 0 Å². The number of nitrogens with zero attached hydrogens (tertiary/aromatic N) is 2. The average Bonchev–Trinajstić information content (AvgIpc) is 3.30. The maximum Gasteiger partial charge on any atom is 0.191 e. The van der Waals surface area contributed by atoms with E-state index < -0.39 is 0 Å². The van der Waals surface area contributed by atoms with E-state index in [2.05, 4.69) is 60.0 Å². The molecule has 0 aliphatic carbocycles. The number of thiazole rings is 1. The fraction of sp³-hybridized carbons (Fsp3) is 0.524. The number of aromatic nitrogens is 1. The molecule has 0 amide bonds. The van der Waals surface area contributed by atoms with E-state index in [1.54, 1.807) is 11.3 Å². The number of nitrogens with one attached hydrogen (secondary N) is 2. The number of guanidine groups is 1. The highest BCUT2D eigenvalue weighted by Gasteiger charge is 2.11. The number of aliphatic imine (C=N–C) groups is 1. The molecule has 0 bridgehead atoms. The molecule has 27 heavy (non-hydrogen) atoms. The van der Waals surface area contributed by atoms with Gasteiger partial charge < -0.3 is 15.4 Å². The zero-order valence-electron chi connectivity index (χ0n) is 16.5. The standard InChI is InChI=1S/C21H30N4OS/c1-4-22-21(24-11-8-18-14-27-20(25-18)15(2)3)23-10-7-16-5-6-19-17(13-16)9-12-26-19/h5-6,13-15H,4,7-12H2,1-3H3,(H2,22,23,24). The lowest BCUT2D eigenvalue weighted by molar-refractivity contribution is 0.357. The van der Waals surface area contributed by atoms with E-state index in [0.717, 1.165) is 62.9 Å². The molecular weight excluding hydrogens is 356 g/mol. The Hall–Kier alpha value is -2.08. The topological polar surface area (TPSA) is 58.5 Å². The molecule has 0 spiro atoms. The van der Waals surface area contributed by atoms with Crippen LogP contribution in [0, 0.1) is 0 Å². The number of hydrogen-bond acceptors (Lipinski definition) is 4. The second kappa shape index (κ2) is 9.74. The Morgan fingerprint density at radius 3 is 2.96 bits per heavy atom. The van der Waals surface area contributed by atoms with Crippen molar-refractivity contribution in [3.05, 3.63) is 45.4 Å². The Labute approximate surface area is 166 Å². The van der Waals surface area contributed by atoms with Crippen LogP contribution in [0.5, 0.6) is 5.75 Å². The summed E-state index contributed by atoms with van der Waals surface area (Å²) in [5, 5.41) is 10.1. The smallest absolute Gasteiger partial charge is 0.191 e. The minimum absolute atomic E-state index is 0.497. The van der Waals surface area contributed by atoms with Gasteiger partial charge in [0.15, 0.2) is 5.96 Å².